The summed E-state index contributed by atoms with van der Waals surface area (Å²) in [5.41, 5.74) is -1.28. The van der Waals surface area contributed by atoms with Gasteiger partial charge in [0.1, 0.15) is 51.5 Å². The fraction of sp³-hybridized carbons (Fsp3) is 0.214. The maximum atomic E-state index is 14.2. The number of allylic oxidation sites excluding steroid dienone is 2. The minimum atomic E-state index is -1.65. The molecule has 0 saturated carbocycles. The van der Waals surface area contributed by atoms with Crippen LogP contribution in [0.25, 0.3) is 10.8 Å². The number of fused-ring (bicyclic) bond motifs is 4. The number of phenols is 1. The van der Waals surface area contributed by atoms with Gasteiger partial charge in [0.15, 0.2) is 11.6 Å². The van der Waals surface area contributed by atoms with Crippen LogP contribution in [0.15, 0.2) is 54.3 Å². The number of nitrogens with one attached hydrogen (secondary N) is 1. The van der Waals surface area contributed by atoms with Crippen molar-refractivity contribution in [2.45, 2.75) is 25.8 Å². The van der Waals surface area contributed by atoms with E-state index in [-0.39, 0.29) is 40.7 Å². The largest absolute Gasteiger partial charge is 0.506 e. The lowest BCUT2D eigenvalue weighted by Crippen LogP contribution is -2.47. The van der Waals surface area contributed by atoms with Gasteiger partial charge >= 0.3 is 0 Å². The standard InChI is InChI=1S/C28H22FNO7/c1-13(31)22-18(32)10-21-28(2,26(22)34)24-20(37-21)11-19(36-3)23(25(24)33)27(35)30-12-14-8-9-17(29)16-7-5-4-6-15(14)16/h4-11,22,33H,12H2,1-3H3,(H,30,35)/t22?,28-/m1/s1. The zero-order valence-corrected chi connectivity index (χ0v) is 20.2. The number of ketones is 3. The number of methoxy groups -OCH3 is 1. The zero-order chi connectivity index (χ0) is 26.6. The monoisotopic (exact) mass is 503 g/mol. The molecule has 1 aliphatic heterocycles. The molecule has 2 atom stereocenters. The average Bonchev–Trinajstić information content (AvgIpc) is 3.16. The van der Waals surface area contributed by atoms with Crippen LogP contribution < -0.4 is 14.8 Å². The Kier molecular flexibility index (Phi) is 5.58. The molecule has 0 aromatic heterocycles. The zero-order valence-electron chi connectivity index (χ0n) is 20.2. The fourth-order valence-corrected chi connectivity index (χ4v) is 5.09. The van der Waals surface area contributed by atoms with Crippen molar-refractivity contribution >= 4 is 34.0 Å². The number of halogens is 1. The van der Waals surface area contributed by atoms with Crippen molar-refractivity contribution in [2.75, 3.05) is 7.11 Å². The van der Waals surface area contributed by atoms with Crippen LogP contribution in [0.5, 0.6) is 17.2 Å². The minimum absolute atomic E-state index is 0.0120. The van der Waals surface area contributed by atoms with E-state index in [0.29, 0.717) is 16.3 Å². The first-order valence-corrected chi connectivity index (χ1v) is 11.5. The maximum Gasteiger partial charge on any atom is 0.259 e. The highest BCUT2D eigenvalue weighted by Crippen LogP contribution is 2.55. The number of carbonyl (C=O) groups excluding carboxylic acids is 4. The van der Waals surface area contributed by atoms with Crippen LogP contribution in [0, 0.1) is 11.7 Å². The summed E-state index contributed by atoms with van der Waals surface area (Å²) in [5.74, 6) is -5.30. The Balaban J connectivity index is 1.55. The Hall–Kier alpha value is -4.53. The lowest BCUT2D eigenvalue weighted by atomic mass is 9.67. The summed E-state index contributed by atoms with van der Waals surface area (Å²) in [6, 6.07) is 11.1. The van der Waals surface area contributed by atoms with Crippen LogP contribution in [0.4, 0.5) is 4.39 Å². The Bertz CT molecular complexity index is 1570. The summed E-state index contributed by atoms with van der Waals surface area (Å²) >= 11 is 0. The van der Waals surface area contributed by atoms with Gasteiger partial charge in [-0.3, -0.25) is 19.2 Å². The van der Waals surface area contributed by atoms with Gasteiger partial charge in [-0.05, 0) is 30.9 Å². The summed E-state index contributed by atoms with van der Waals surface area (Å²) in [5, 5.41) is 15.0. The van der Waals surface area contributed by atoms with Gasteiger partial charge in [0.25, 0.3) is 5.91 Å². The predicted octanol–water partition coefficient (Wildman–Crippen LogP) is 3.51. The number of carbonyl (C=O) groups is 4. The molecule has 1 aliphatic carbocycles. The topological polar surface area (TPSA) is 119 Å². The Morgan fingerprint density at radius 2 is 1.86 bits per heavy atom. The molecule has 37 heavy (non-hydrogen) atoms. The first-order chi connectivity index (χ1) is 17.6. The molecule has 0 bridgehead atoms. The van der Waals surface area contributed by atoms with E-state index in [1.165, 1.54) is 26.2 Å². The van der Waals surface area contributed by atoms with Crippen LogP contribution >= 0.6 is 0 Å². The quantitative estimate of drug-likeness (QED) is 0.512. The predicted molar refractivity (Wildman–Crippen MR) is 130 cm³/mol. The second kappa shape index (κ2) is 8.55. The highest BCUT2D eigenvalue weighted by atomic mass is 19.1. The number of ether oxygens (including phenoxy) is 2. The lowest BCUT2D eigenvalue weighted by molar-refractivity contribution is -0.140. The Morgan fingerprint density at radius 3 is 2.54 bits per heavy atom. The second-order valence-corrected chi connectivity index (χ2v) is 9.16. The molecular weight excluding hydrogens is 481 g/mol. The molecule has 2 N–H and O–H groups in total. The maximum absolute atomic E-state index is 14.2. The van der Waals surface area contributed by atoms with Gasteiger partial charge in [-0.2, -0.15) is 0 Å². The second-order valence-electron chi connectivity index (χ2n) is 9.16. The number of phenolic OH excluding ortho intramolecular Hbond substituents is 1. The van der Waals surface area contributed by atoms with Crippen molar-refractivity contribution < 1.29 is 38.1 Å². The molecule has 0 saturated heterocycles. The molecule has 0 fully saturated rings. The van der Waals surface area contributed by atoms with E-state index in [9.17, 15) is 28.7 Å². The normalized spacial score (nSPS) is 20.1. The molecular formula is C28H22FNO7. The van der Waals surface area contributed by atoms with E-state index in [1.54, 1.807) is 30.3 Å². The molecule has 3 aromatic rings. The molecule has 2 aliphatic rings. The van der Waals surface area contributed by atoms with Gasteiger partial charge < -0.3 is 19.9 Å². The number of hydrogen-bond acceptors (Lipinski definition) is 7. The smallest absolute Gasteiger partial charge is 0.259 e. The van der Waals surface area contributed by atoms with E-state index >= 15 is 0 Å². The van der Waals surface area contributed by atoms with Crippen molar-refractivity contribution in [1.82, 2.24) is 5.32 Å². The van der Waals surface area contributed by atoms with Gasteiger partial charge in [0.2, 0.25) is 0 Å². The van der Waals surface area contributed by atoms with Gasteiger partial charge in [0, 0.05) is 24.1 Å². The number of hydrogen-bond donors (Lipinski definition) is 2. The third-order valence-electron chi connectivity index (χ3n) is 7.01. The van der Waals surface area contributed by atoms with Gasteiger partial charge in [-0.25, -0.2) is 4.39 Å². The summed E-state index contributed by atoms with van der Waals surface area (Å²) in [4.78, 5) is 51.2. The molecule has 1 heterocycles. The van der Waals surface area contributed by atoms with Crippen molar-refractivity contribution in [3.63, 3.8) is 0 Å². The highest BCUT2D eigenvalue weighted by Gasteiger charge is 2.57. The average molecular weight is 503 g/mol. The Labute approximate surface area is 210 Å². The van der Waals surface area contributed by atoms with E-state index in [1.807, 2.05) is 0 Å². The van der Waals surface area contributed by atoms with Crippen LogP contribution in [0.1, 0.15) is 35.3 Å². The van der Waals surface area contributed by atoms with Gasteiger partial charge in [-0.1, -0.05) is 30.3 Å². The van der Waals surface area contributed by atoms with Gasteiger partial charge in [-0.15, -0.1) is 0 Å². The first kappa shape index (κ1) is 24.2. The van der Waals surface area contributed by atoms with E-state index < -0.39 is 40.3 Å². The fourth-order valence-electron chi connectivity index (χ4n) is 5.09. The molecule has 8 nitrogen and oxygen atoms in total. The summed E-state index contributed by atoms with van der Waals surface area (Å²) in [6.07, 6.45) is 1.08. The van der Waals surface area contributed by atoms with Gasteiger partial charge in [0.05, 0.1) is 12.7 Å². The first-order valence-electron chi connectivity index (χ1n) is 11.5. The molecule has 9 heteroatoms. The summed E-state index contributed by atoms with van der Waals surface area (Å²) in [6.45, 7) is 2.59. The van der Waals surface area contributed by atoms with Crippen molar-refractivity contribution in [1.29, 1.82) is 0 Å². The van der Waals surface area contributed by atoms with Crippen LogP contribution in [-0.4, -0.2) is 35.5 Å². The van der Waals surface area contributed by atoms with Crippen molar-refractivity contribution in [2.24, 2.45) is 5.92 Å². The summed E-state index contributed by atoms with van der Waals surface area (Å²) < 4.78 is 25.2. The molecule has 0 spiro atoms. The number of benzene rings is 3. The number of aromatic hydroxyl groups is 1. The summed E-state index contributed by atoms with van der Waals surface area (Å²) in [7, 11) is 1.30. The molecule has 1 amide bonds. The number of rotatable bonds is 5. The highest BCUT2D eigenvalue weighted by molar-refractivity contribution is 6.27. The van der Waals surface area contributed by atoms with E-state index in [4.69, 9.17) is 9.47 Å². The van der Waals surface area contributed by atoms with E-state index in [2.05, 4.69) is 5.32 Å². The molecule has 1 unspecified atom stereocenters. The van der Waals surface area contributed by atoms with Crippen LogP contribution in [0.2, 0.25) is 0 Å². The molecule has 3 aromatic carbocycles. The number of amides is 1. The van der Waals surface area contributed by atoms with Crippen molar-refractivity contribution in [3.05, 3.63) is 76.8 Å². The molecule has 5 rings (SSSR count). The Morgan fingerprint density at radius 1 is 1.16 bits per heavy atom. The third-order valence-corrected chi connectivity index (χ3v) is 7.01. The molecule has 0 radical (unpaired) electrons. The lowest BCUT2D eigenvalue weighted by Gasteiger charge is -2.30. The van der Waals surface area contributed by atoms with E-state index in [0.717, 1.165) is 13.0 Å². The SMILES string of the molecule is COc1cc2c(c(O)c1C(=O)NCc1ccc(F)c3ccccc13)[C@]1(C)C(=O)C(C(C)=O)C(=O)C=C1O2. The minimum Gasteiger partial charge on any atom is -0.506 e. The van der Waals surface area contributed by atoms with Crippen LogP contribution in [0.3, 0.4) is 0 Å². The third kappa shape index (κ3) is 3.49. The van der Waals surface area contributed by atoms with Crippen molar-refractivity contribution in [3.8, 4) is 17.2 Å². The van der Waals surface area contributed by atoms with Crippen LogP contribution in [-0.2, 0) is 26.3 Å². The molecule has 188 valence electrons. The number of Topliss-reactive ketones (excluding diaryl/α,β-unsaturated/α-hetero) is 2.